The van der Waals surface area contributed by atoms with E-state index in [2.05, 4.69) is 72.8 Å². The molecule has 0 aromatic heterocycles. The van der Waals surface area contributed by atoms with E-state index in [1.807, 2.05) is 24.3 Å². The molecule has 6 aromatic carbocycles. The van der Waals surface area contributed by atoms with Gasteiger partial charge >= 0.3 is 0 Å². The number of hydrogen-bond acceptors (Lipinski definition) is 2. The molecule has 0 heterocycles. The molecule has 2 N–H and O–H groups in total. The average Bonchev–Trinajstić information content (AvgIpc) is 3.21. The summed E-state index contributed by atoms with van der Waals surface area (Å²) in [4.78, 5) is 0. The Hall–Kier alpha value is -4.56. The van der Waals surface area contributed by atoms with Crippen LogP contribution < -0.4 is 0 Å². The molecule has 0 saturated carbocycles. The van der Waals surface area contributed by atoms with Crippen LogP contribution in [0.2, 0.25) is 0 Å². The van der Waals surface area contributed by atoms with E-state index < -0.39 is 5.41 Å². The Balaban J connectivity index is 1.75. The number of phenols is 2. The van der Waals surface area contributed by atoms with Crippen LogP contribution in [-0.4, -0.2) is 10.2 Å². The topological polar surface area (TPSA) is 40.5 Å². The van der Waals surface area contributed by atoms with Crippen molar-refractivity contribution in [3.8, 4) is 22.6 Å². The zero-order valence-electron chi connectivity index (χ0n) is 18.9. The lowest BCUT2D eigenvalue weighted by atomic mass is 9.66. The molecule has 0 saturated heterocycles. The summed E-state index contributed by atoms with van der Waals surface area (Å²) in [6.07, 6.45) is 0. The SMILES string of the molecule is Oc1ccc(C2(c3ccc(O)cc3)c3ccc4ccccc4c3-c3ccc4ccccc4c32)cc1. The second-order valence-electron chi connectivity index (χ2n) is 9.26. The van der Waals surface area contributed by atoms with Crippen molar-refractivity contribution in [1.82, 2.24) is 0 Å². The van der Waals surface area contributed by atoms with Gasteiger partial charge in [-0.25, -0.2) is 0 Å². The number of rotatable bonds is 2. The van der Waals surface area contributed by atoms with Gasteiger partial charge in [0.15, 0.2) is 0 Å². The van der Waals surface area contributed by atoms with E-state index in [-0.39, 0.29) is 11.5 Å². The van der Waals surface area contributed by atoms with Gasteiger partial charge in [0.1, 0.15) is 11.5 Å². The summed E-state index contributed by atoms with van der Waals surface area (Å²) in [5.41, 5.74) is 6.44. The Labute approximate surface area is 203 Å². The first kappa shape index (κ1) is 19.9. The molecule has 2 heteroatoms. The van der Waals surface area contributed by atoms with E-state index in [1.165, 1.54) is 43.8 Å². The molecule has 0 radical (unpaired) electrons. The first-order valence-electron chi connectivity index (χ1n) is 11.8. The molecule has 0 atom stereocenters. The fraction of sp³-hybridized carbons (Fsp3) is 0.0303. The molecule has 0 amide bonds. The predicted octanol–water partition coefficient (Wildman–Crippen LogP) is 7.77. The first-order chi connectivity index (χ1) is 17.2. The van der Waals surface area contributed by atoms with Gasteiger partial charge in [-0.15, -0.1) is 0 Å². The maximum atomic E-state index is 10.2. The van der Waals surface area contributed by atoms with E-state index in [9.17, 15) is 10.2 Å². The van der Waals surface area contributed by atoms with Crippen molar-refractivity contribution in [1.29, 1.82) is 0 Å². The van der Waals surface area contributed by atoms with Crippen molar-refractivity contribution < 1.29 is 10.2 Å². The maximum absolute atomic E-state index is 10.2. The van der Waals surface area contributed by atoms with E-state index in [4.69, 9.17) is 0 Å². The van der Waals surface area contributed by atoms with E-state index in [1.54, 1.807) is 24.3 Å². The van der Waals surface area contributed by atoms with Crippen LogP contribution in [0.3, 0.4) is 0 Å². The fourth-order valence-electron chi connectivity index (χ4n) is 6.08. The molecule has 1 aliphatic carbocycles. The van der Waals surface area contributed by atoms with Crippen LogP contribution in [0.4, 0.5) is 0 Å². The van der Waals surface area contributed by atoms with Gasteiger partial charge in [0, 0.05) is 0 Å². The van der Waals surface area contributed by atoms with Gasteiger partial charge in [-0.1, -0.05) is 97.1 Å². The zero-order chi connectivity index (χ0) is 23.6. The van der Waals surface area contributed by atoms with Crippen molar-refractivity contribution >= 4 is 21.5 Å². The number of phenolic OH excluding ortho intramolecular Hbond substituents is 2. The largest absolute Gasteiger partial charge is 0.508 e. The summed E-state index contributed by atoms with van der Waals surface area (Å²) in [5, 5.41) is 25.1. The summed E-state index contributed by atoms with van der Waals surface area (Å²) >= 11 is 0. The van der Waals surface area contributed by atoms with Crippen LogP contribution in [0.1, 0.15) is 22.3 Å². The fourth-order valence-corrected chi connectivity index (χ4v) is 6.08. The van der Waals surface area contributed by atoms with Gasteiger partial charge in [-0.3, -0.25) is 0 Å². The Kier molecular flexibility index (Phi) is 4.10. The molecule has 6 aromatic rings. The molecule has 0 unspecified atom stereocenters. The summed E-state index contributed by atoms with van der Waals surface area (Å²) in [7, 11) is 0. The van der Waals surface area contributed by atoms with E-state index in [0.29, 0.717) is 0 Å². The number of fused-ring (bicyclic) bond motifs is 7. The number of aromatic hydroxyl groups is 2. The highest BCUT2D eigenvalue weighted by atomic mass is 16.3. The van der Waals surface area contributed by atoms with Gasteiger partial charge in [0.2, 0.25) is 0 Å². The molecular formula is C33H22O2. The third kappa shape index (κ3) is 2.65. The Morgan fingerprint density at radius 1 is 0.457 bits per heavy atom. The van der Waals surface area contributed by atoms with Crippen LogP contribution in [0.5, 0.6) is 11.5 Å². The first-order valence-corrected chi connectivity index (χ1v) is 11.8. The summed E-state index contributed by atoms with van der Waals surface area (Å²) < 4.78 is 0. The molecule has 166 valence electrons. The Morgan fingerprint density at radius 3 is 1.60 bits per heavy atom. The highest BCUT2D eigenvalue weighted by Gasteiger charge is 2.47. The minimum Gasteiger partial charge on any atom is -0.508 e. The van der Waals surface area contributed by atoms with Gasteiger partial charge in [0.05, 0.1) is 5.41 Å². The second-order valence-corrected chi connectivity index (χ2v) is 9.26. The Bertz CT molecular complexity index is 1700. The minimum absolute atomic E-state index is 0.240. The molecule has 7 rings (SSSR count). The minimum atomic E-state index is -0.614. The highest BCUT2D eigenvalue weighted by molar-refractivity contribution is 6.08. The van der Waals surface area contributed by atoms with Gasteiger partial charge in [-0.05, 0) is 79.2 Å². The van der Waals surface area contributed by atoms with E-state index >= 15 is 0 Å². The third-order valence-electron chi connectivity index (χ3n) is 7.51. The van der Waals surface area contributed by atoms with Gasteiger partial charge in [-0.2, -0.15) is 0 Å². The molecule has 1 aliphatic rings. The summed E-state index contributed by atoms with van der Waals surface area (Å²) in [6.45, 7) is 0. The van der Waals surface area contributed by atoms with Crippen molar-refractivity contribution in [2.45, 2.75) is 5.41 Å². The van der Waals surface area contributed by atoms with Gasteiger partial charge in [0.25, 0.3) is 0 Å². The molecular weight excluding hydrogens is 428 g/mol. The number of benzene rings is 6. The lowest BCUT2D eigenvalue weighted by molar-refractivity contribution is 0.475. The second kappa shape index (κ2) is 7.22. The van der Waals surface area contributed by atoms with Gasteiger partial charge < -0.3 is 10.2 Å². The lowest BCUT2D eigenvalue weighted by Crippen LogP contribution is -2.28. The molecule has 0 aliphatic heterocycles. The van der Waals surface area contributed by atoms with Crippen molar-refractivity contribution in [3.05, 3.63) is 144 Å². The molecule has 2 nitrogen and oxygen atoms in total. The molecule has 0 bridgehead atoms. The Morgan fingerprint density at radius 2 is 0.971 bits per heavy atom. The monoisotopic (exact) mass is 450 g/mol. The quantitative estimate of drug-likeness (QED) is 0.282. The van der Waals surface area contributed by atoms with Crippen molar-refractivity contribution in [2.75, 3.05) is 0 Å². The van der Waals surface area contributed by atoms with Crippen LogP contribution in [0.25, 0.3) is 32.7 Å². The predicted molar refractivity (Wildman–Crippen MR) is 142 cm³/mol. The highest BCUT2D eigenvalue weighted by Crippen LogP contribution is 2.59. The van der Waals surface area contributed by atoms with Crippen LogP contribution in [0, 0.1) is 0 Å². The van der Waals surface area contributed by atoms with Crippen molar-refractivity contribution in [2.24, 2.45) is 0 Å². The van der Waals surface area contributed by atoms with E-state index in [0.717, 1.165) is 11.1 Å². The lowest BCUT2D eigenvalue weighted by Gasteiger charge is -2.34. The summed E-state index contributed by atoms with van der Waals surface area (Å²) in [6, 6.07) is 41.2. The molecule has 0 fully saturated rings. The number of hydrogen-bond donors (Lipinski definition) is 2. The third-order valence-corrected chi connectivity index (χ3v) is 7.51. The van der Waals surface area contributed by atoms with Crippen LogP contribution >= 0.6 is 0 Å². The van der Waals surface area contributed by atoms with Crippen LogP contribution in [0.15, 0.2) is 121 Å². The van der Waals surface area contributed by atoms with Crippen molar-refractivity contribution in [3.63, 3.8) is 0 Å². The molecule has 35 heavy (non-hydrogen) atoms. The standard InChI is InChI=1S/C33H22O2/c34-25-15-11-23(12-16-25)33(24-13-17-26(35)18-14-24)30-20-10-21-5-1-3-7-27(21)31(30)29-19-9-22-6-2-4-8-28(22)32(29)33/h1-20,34-35H. The average molecular weight is 451 g/mol. The molecule has 0 spiro atoms. The normalized spacial score (nSPS) is 13.6. The maximum Gasteiger partial charge on any atom is 0.115 e. The van der Waals surface area contributed by atoms with Crippen LogP contribution in [-0.2, 0) is 5.41 Å². The smallest absolute Gasteiger partial charge is 0.115 e. The zero-order valence-corrected chi connectivity index (χ0v) is 18.9. The summed E-state index contributed by atoms with van der Waals surface area (Å²) in [5.74, 6) is 0.481.